The van der Waals surface area contributed by atoms with Crippen molar-refractivity contribution in [2.75, 3.05) is 44.8 Å². The second kappa shape index (κ2) is 9.69. The lowest BCUT2D eigenvalue weighted by Gasteiger charge is -2.45. The highest BCUT2D eigenvalue weighted by Crippen LogP contribution is 2.52. The van der Waals surface area contributed by atoms with Crippen LogP contribution in [-0.4, -0.2) is 50.9 Å². The summed E-state index contributed by atoms with van der Waals surface area (Å²) in [5.41, 5.74) is 1.84. The monoisotopic (exact) mass is 513 g/mol. The molecule has 2 heterocycles. The molecule has 0 spiro atoms. The van der Waals surface area contributed by atoms with E-state index in [2.05, 4.69) is 15.5 Å². The second-order valence-electron chi connectivity index (χ2n) is 8.90. The van der Waals surface area contributed by atoms with Crippen molar-refractivity contribution in [1.82, 2.24) is 10.6 Å². The lowest BCUT2D eigenvalue weighted by molar-refractivity contribution is 0.0963. The Morgan fingerprint density at radius 1 is 1.22 bits per heavy atom. The van der Waals surface area contributed by atoms with Gasteiger partial charge in [-0.05, 0) is 29.3 Å². The Balaban J connectivity index is 1.78. The van der Waals surface area contributed by atoms with Gasteiger partial charge >= 0.3 is 0 Å². The molecule has 1 atom stereocenters. The van der Waals surface area contributed by atoms with E-state index in [0.29, 0.717) is 37.3 Å². The van der Waals surface area contributed by atoms with E-state index < -0.39 is 23.1 Å². The van der Waals surface area contributed by atoms with E-state index in [-0.39, 0.29) is 40.7 Å². The van der Waals surface area contributed by atoms with Crippen LogP contribution in [0.4, 0.5) is 14.5 Å². The number of benzene rings is 3. The van der Waals surface area contributed by atoms with E-state index in [4.69, 9.17) is 21.4 Å². The number of hydrogen-bond acceptors (Lipinski definition) is 5. The highest BCUT2D eigenvalue weighted by molar-refractivity contribution is 6.34. The number of carbonyl (C=O) groups is 1. The van der Waals surface area contributed by atoms with Crippen LogP contribution < -0.4 is 20.3 Å². The number of carbonyl (C=O) groups excluding carboxylic acids is 1. The van der Waals surface area contributed by atoms with E-state index in [1.165, 1.54) is 25.2 Å². The number of hydrogen-bond donors (Lipinski definition) is 3. The molecule has 1 amide bonds. The van der Waals surface area contributed by atoms with Gasteiger partial charge in [0.2, 0.25) is 0 Å². The number of ether oxygens (including phenoxy) is 1. The molecular formula is C27H26ClF2N3O3. The van der Waals surface area contributed by atoms with Crippen molar-refractivity contribution in [3.8, 4) is 16.9 Å². The van der Waals surface area contributed by atoms with E-state index in [9.17, 15) is 4.79 Å². The van der Waals surface area contributed by atoms with Crippen LogP contribution in [0.5, 0.6) is 5.75 Å². The van der Waals surface area contributed by atoms with Crippen molar-refractivity contribution >= 4 is 23.2 Å². The Morgan fingerprint density at radius 3 is 2.72 bits per heavy atom. The summed E-state index contributed by atoms with van der Waals surface area (Å²) in [6.07, 6.45) is 0.434. The first-order valence-electron chi connectivity index (χ1n) is 11.8. The van der Waals surface area contributed by atoms with Gasteiger partial charge in [0, 0.05) is 49.9 Å². The minimum atomic E-state index is -0.837. The molecule has 0 bridgehead atoms. The maximum absolute atomic E-state index is 16.0. The molecule has 0 saturated carbocycles. The van der Waals surface area contributed by atoms with Crippen molar-refractivity contribution in [2.24, 2.45) is 0 Å². The Bertz CT molecular complexity index is 1320. The molecule has 0 radical (unpaired) electrons. The van der Waals surface area contributed by atoms with Gasteiger partial charge in [0.1, 0.15) is 12.4 Å². The molecule has 3 aromatic carbocycles. The van der Waals surface area contributed by atoms with Gasteiger partial charge in [-0.25, -0.2) is 8.78 Å². The summed E-state index contributed by atoms with van der Waals surface area (Å²) >= 11 is 6.56. The Hall–Kier alpha value is -3.20. The number of anilines is 1. The average Bonchev–Trinajstić information content (AvgIpc) is 3.24. The second-order valence-corrected chi connectivity index (χ2v) is 9.28. The smallest absolute Gasteiger partial charge is 0.251 e. The third-order valence-electron chi connectivity index (χ3n) is 7.00. The topological polar surface area (TPSA) is 73.8 Å². The Labute approximate surface area is 212 Å². The predicted molar refractivity (Wildman–Crippen MR) is 135 cm³/mol. The van der Waals surface area contributed by atoms with E-state index in [0.717, 1.165) is 5.56 Å². The van der Waals surface area contributed by atoms with Crippen LogP contribution in [0.25, 0.3) is 11.1 Å². The zero-order valence-corrected chi connectivity index (χ0v) is 20.5. The first-order valence-corrected chi connectivity index (χ1v) is 12.1. The van der Waals surface area contributed by atoms with Crippen LogP contribution in [0.1, 0.15) is 21.5 Å². The third-order valence-corrected chi connectivity index (χ3v) is 7.37. The van der Waals surface area contributed by atoms with Gasteiger partial charge in [-0.1, -0.05) is 41.9 Å². The van der Waals surface area contributed by atoms with E-state index >= 15 is 8.78 Å². The van der Waals surface area contributed by atoms with Crippen molar-refractivity contribution in [3.63, 3.8) is 0 Å². The van der Waals surface area contributed by atoms with Gasteiger partial charge in [0.05, 0.1) is 22.7 Å². The molecule has 2 aliphatic rings. The number of amides is 1. The average molecular weight is 514 g/mol. The van der Waals surface area contributed by atoms with Crippen LogP contribution in [-0.2, 0) is 12.0 Å². The van der Waals surface area contributed by atoms with Gasteiger partial charge in [-0.3, -0.25) is 4.79 Å². The standard InChI is InChI=1S/C27H26ClF2N3O3/c1-31-26(35)17-7-8-21(36-12-11-34)25(30)23(17)22-18-14-27(16-5-3-2-4-6-16)15-32-9-10-33(27)20(18)13-19(29)24(22)28/h2-8,13,32,34H,9-12,14-15H2,1H3,(H,31,35). The summed E-state index contributed by atoms with van der Waals surface area (Å²) in [5.74, 6) is -2.23. The Morgan fingerprint density at radius 2 is 2.00 bits per heavy atom. The number of nitrogens with zero attached hydrogens (tertiary/aromatic N) is 1. The maximum atomic E-state index is 16.0. The first-order chi connectivity index (χ1) is 17.4. The lowest BCUT2D eigenvalue weighted by Crippen LogP contribution is -2.57. The Kier molecular flexibility index (Phi) is 6.59. The molecular weight excluding hydrogens is 488 g/mol. The van der Waals surface area contributed by atoms with E-state index in [1.54, 1.807) is 0 Å². The molecule has 0 aliphatic carbocycles. The predicted octanol–water partition coefficient (Wildman–Crippen LogP) is 3.88. The van der Waals surface area contributed by atoms with Crippen LogP contribution >= 0.6 is 11.6 Å². The molecule has 3 N–H and O–H groups in total. The van der Waals surface area contributed by atoms with E-state index in [1.807, 2.05) is 30.3 Å². The van der Waals surface area contributed by atoms with Gasteiger partial charge in [0.15, 0.2) is 11.6 Å². The number of nitrogens with one attached hydrogen (secondary N) is 2. The fourth-order valence-electron chi connectivity index (χ4n) is 5.43. The molecule has 5 rings (SSSR count). The maximum Gasteiger partial charge on any atom is 0.251 e. The number of halogens is 3. The number of rotatable bonds is 6. The van der Waals surface area contributed by atoms with Gasteiger partial charge in [0.25, 0.3) is 5.91 Å². The molecule has 9 heteroatoms. The van der Waals surface area contributed by atoms with Gasteiger partial charge in [-0.15, -0.1) is 0 Å². The zero-order chi connectivity index (χ0) is 25.4. The quantitative estimate of drug-likeness (QED) is 0.466. The normalized spacial score (nSPS) is 18.5. The van der Waals surface area contributed by atoms with Crippen LogP contribution in [0, 0.1) is 11.6 Å². The highest BCUT2D eigenvalue weighted by atomic mass is 35.5. The number of aliphatic hydroxyl groups is 1. The molecule has 3 aromatic rings. The molecule has 1 saturated heterocycles. The number of piperazine rings is 1. The molecule has 36 heavy (non-hydrogen) atoms. The SMILES string of the molecule is CNC(=O)c1ccc(OCCO)c(F)c1-c1c(Cl)c(F)cc2c1CC1(c3ccccc3)CNCCN21. The summed E-state index contributed by atoms with van der Waals surface area (Å²) < 4.78 is 36.8. The van der Waals surface area contributed by atoms with Crippen molar-refractivity contribution in [2.45, 2.75) is 12.0 Å². The molecule has 0 aromatic heterocycles. The molecule has 1 fully saturated rings. The molecule has 1 unspecified atom stereocenters. The first kappa shape index (κ1) is 24.5. The molecule has 188 valence electrons. The summed E-state index contributed by atoms with van der Waals surface area (Å²) in [4.78, 5) is 15.0. The lowest BCUT2D eigenvalue weighted by atomic mass is 9.83. The molecule has 2 aliphatic heterocycles. The minimum Gasteiger partial charge on any atom is -0.488 e. The van der Waals surface area contributed by atoms with Crippen LogP contribution in [0.3, 0.4) is 0 Å². The van der Waals surface area contributed by atoms with Crippen LogP contribution in [0.15, 0.2) is 48.5 Å². The number of fused-ring (bicyclic) bond motifs is 3. The summed E-state index contributed by atoms with van der Waals surface area (Å²) in [7, 11) is 1.44. The zero-order valence-electron chi connectivity index (χ0n) is 19.7. The van der Waals surface area contributed by atoms with Gasteiger partial charge in [-0.2, -0.15) is 0 Å². The molecule has 6 nitrogen and oxygen atoms in total. The fourth-order valence-corrected chi connectivity index (χ4v) is 5.69. The fraction of sp³-hybridized carbons (Fsp3) is 0.296. The van der Waals surface area contributed by atoms with Crippen molar-refractivity contribution in [1.29, 1.82) is 0 Å². The third kappa shape index (κ3) is 3.80. The number of aliphatic hydroxyl groups excluding tert-OH is 1. The van der Waals surface area contributed by atoms with Gasteiger partial charge < -0.3 is 25.4 Å². The largest absolute Gasteiger partial charge is 0.488 e. The van der Waals surface area contributed by atoms with Crippen molar-refractivity contribution in [3.05, 3.63) is 81.9 Å². The van der Waals surface area contributed by atoms with Crippen LogP contribution in [0.2, 0.25) is 5.02 Å². The summed E-state index contributed by atoms with van der Waals surface area (Å²) in [5, 5.41) is 14.9. The summed E-state index contributed by atoms with van der Waals surface area (Å²) in [6.45, 7) is 1.47. The van der Waals surface area contributed by atoms with Crippen molar-refractivity contribution < 1.29 is 23.4 Å². The highest BCUT2D eigenvalue weighted by Gasteiger charge is 2.48. The summed E-state index contributed by atoms with van der Waals surface area (Å²) in [6, 6.07) is 14.1. The minimum absolute atomic E-state index is 0.0119.